The summed E-state index contributed by atoms with van der Waals surface area (Å²) in [6.07, 6.45) is -25.7. The monoisotopic (exact) mass is 1160 g/mol. The van der Waals surface area contributed by atoms with Gasteiger partial charge in [0.05, 0.1) is 50.2 Å². The molecule has 0 radical (unpaired) electrons. The minimum absolute atomic E-state index is 0.165. The highest BCUT2D eigenvalue weighted by Crippen LogP contribution is 2.76. The summed E-state index contributed by atoms with van der Waals surface area (Å²) in [5, 5.41) is 146. The average molecular weight is 1160 g/mol. The van der Waals surface area contributed by atoms with Gasteiger partial charge in [-0.3, -0.25) is 0 Å². The van der Waals surface area contributed by atoms with Crippen LogP contribution in [0.3, 0.4) is 0 Å². The quantitative estimate of drug-likeness (QED) is 0.0415. The van der Waals surface area contributed by atoms with Crippen molar-refractivity contribution in [3.63, 3.8) is 0 Å². The first-order valence-corrected chi connectivity index (χ1v) is 28.3. The maximum Gasteiger partial charge on any atom is 0.335 e. The highest BCUT2D eigenvalue weighted by molar-refractivity contribution is 5.89. The van der Waals surface area contributed by atoms with Crippen LogP contribution in [0.1, 0.15) is 108 Å². The van der Waals surface area contributed by atoms with Crippen molar-refractivity contribution in [2.45, 2.75) is 224 Å². The molecular formula is C57H88O24. The molecule has 3 heterocycles. The molecule has 81 heavy (non-hydrogen) atoms. The molecule has 0 bridgehead atoms. The molecule has 3 aliphatic heterocycles. The molecule has 5 aliphatic carbocycles. The van der Waals surface area contributed by atoms with Gasteiger partial charge in [0.1, 0.15) is 67.1 Å². The Morgan fingerprint density at radius 1 is 0.630 bits per heavy atom. The van der Waals surface area contributed by atoms with Gasteiger partial charge >= 0.3 is 17.9 Å². The minimum atomic E-state index is -2.18. The Bertz CT molecular complexity index is 2410. The molecule has 4 saturated carbocycles. The number of rotatable bonds is 15. The van der Waals surface area contributed by atoms with Gasteiger partial charge in [0.15, 0.2) is 31.1 Å². The molecule has 27 atom stereocenters. The molecular weight excluding hydrogens is 1070 g/mol. The van der Waals surface area contributed by atoms with Crippen molar-refractivity contribution in [1.82, 2.24) is 0 Å². The maximum absolute atomic E-state index is 13.9. The molecule has 8 unspecified atom stereocenters. The SMILES string of the molecule is C/C=C(/C)C(=O)O[C@H]1[C@H](OC(=O)/C(C)=C\C)[C@@]2(CO)C(CC1(C)C)C1=CCC3[C@@]4(C)CC[C@H](O[C@@H]5OC(C(=O)O)[C@H](O)[C@H](O[C@@H]6O[C@H](CO)[C@H](O)C6O)C5O[C@@H]5OC(CO)[C@H](O)[C@H](O)C5O)[C@](C)(CO)C4CC[C@@]3(C)[C@]1(C)[C@@H](O)[C@H]2O. The summed E-state index contributed by atoms with van der Waals surface area (Å²) < 4.78 is 48.8. The summed E-state index contributed by atoms with van der Waals surface area (Å²) >= 11 is 0. The zero-order valence-corrected chi connectivity index (χ0v) is 47.8. The van der Waals surface area contributed by atoms with Gasteiger partial charge in [-0.1, -0.05) is 65.3 Å². The topological polar surface area (TPSA) is 388 Å². The van der Waals surface area contributed by atoms with Gasteiger partial charge in [0.25, 0.3) is 0 Å². The standard InChI is InChI=1S/C57H88O24/c1-11-24(3)47(72)80-44-45(81-48(73)25(4)12-2)57(23-61)27(19-52(44,5)6)26-13-14-31-53(7)17-16-32(54(8,22-60)30(53)15-18-55(31,9)56(26,10)42(68)43(57)69)76-51-41(79-50-37(66)35(64)33(62)28(20-58)74-50)39(38(67)40(78-51)46(70)71)77-49-36(65)34(63)29(21-59)75-49/h11-13,27-45,49-51,58-69H,14-23H2,1-10H3,(H,70,71)/b24-11-,25-12-/t27?,28?,29-,30?,31?,32+,33+,34+,35+,36?,37?,38-,39+,40?,41?,42+,43-,44+,45+,49+,50+,51-,53+,54-,55-,56+,57+/m1/s1. The lowest BCUT2D eigenvalue weighted by Gasteiger charge is -2.73. The number of aliphatic hydroxyl groups excluding tert-OH is 12. The largest absolute Gasteiger partial charge is 0.479 e. The molecule has 0 spiro atoms. The first kappa shape index (κ1) is 63.9. The fraction of sp³-hybridized carbons (Fsp3) is 0.842. The molecule has 0 amide bonds. The number of aliphatic hydroxyl groups is 12. The average Bonchev–Trinajstić information content (AvgIpc) is 1.99. The summed E-state index contributed by atoms with van der Waals surface area (Å²) in [5.74, 6) is -4.48. The smallest absolute Gasteiger partial charge is 0.335 e. The number of hydrogen-bond acceptors (Lipinski definition) is 23. The fourth-order valence-corrected chi connectivity index (χ4v) is 16.2. The van der Waals surface area contributed by atoms with E-state index in [0.717, 1.165) is 5.57 Å². The van der Waals surface area contributed by atoms with Gasteiger partial charge in [0, 0.05) is 27.4 Å². The second-order valence-electron chi connectivity index (χ2n) is 25.9. The van der Waals surface area contributed by atoms with Crippen molar-refractivity contribution in [1.29, 1.82) is 0 Å². The predicted molar refractivity (Wildman–Crippen MR) is 278 cm³/mol. The van der Waals surface area contributed by atoms with Crippen LogP contribution in [0.5, 0.6) is 0 Å². The van der Waals surface area contributed by atoms with E-state index in [1.54, 1.807) is 39.8 Å². The van der Waals surface area contributed by atoms with Crippen LogP contribution in [0.15, 0.2) is 34.9 Å². The third-order valence-electron chi connectivity index (χ3n) is 21.5. The Kier molecular flexibility index (Phi) is 18.4. The molecule has 8 aliphatic rings. The highest BCUT2D eigenvalue weighted by atomic mass is 16.8. The normalized spacial score (nSPS) is 49.8. The van der Waals surface area contributed by atoms with E-state index in [4.69, 9.17) is 37.9 Å². The second kappa shape index (κ2) is 23.3. The molecule has 13 N–H and O–H groups in total. The number of allylic oxidation sites excluding steroid dienone is 3. The van der Waals surface area contributed by atoms with Crippen LogP contribution in [0.25, 0.3) is 0 Å². The van der Waals surface area contributed by atoms with Crippen molar-refractivity contribution in [2.24, 2.45) is 50.2 Å². The van der Waals surface area contributed by atoms with Crippen molar-refractivity contribution in [3.05, 3.63) is 34.9 Å². The maximum atomic E-state index is 13.9. The first-order chi connectivity index (χ1) is 37.9. The van der Waals surface area contributed by atoms with E-state index in [2.05, 4.69) is 19.9 Å². The lowest BCUT2D eigenvalue weighted by Crippen LogP contribution is -2.76. The van der Waals surface area contributed by atoms with Gasteiger partial charge in [-0.2, -0.15) is 0 Å². The Balaban J connectivity index is 1.15. The van der Waals surface area contributed by atoms with E-state index >= 15 is 0 Å². The molecule has 0 aromatic carbocycles. The van der Waals surface area contributed by atoms with Crippen molar-refractivity contribution >= 4 is 17.9 Å². The molecule has 24 nitrogen and oxygen atoms in total. The van der Waals surface area contributed by atoms with E-state index in [1.165, 1.54) is 0 Å². The number of aliphatic carboxylic acids is 1. The van der Waals surface area contributed by atoms with E-state index < -0.39 is 205 Å². The summed E-state index contributed by atoms with van der Waals surface area (Å²) in [7, 11) is 0. The number of carbonyl (C=O) groups is 3. The van der Waals surface area contributed by atoms with Crippen LogP contribution >= 0.6 is 0 Å². The van der Waals surface area contributed by atoms with Crippen LogP contribution in [0.2, 0.25) is 0 Å². The summed E-state index contributed by atoms with van der Waals surface area (Å²) in [6, 6.07) is 0. The van der Waals surface area contributed by atoms with Gasteiger partial charge in [-0.05, 0) is 94.8 Å². The first-order valence-electron chi connectivity index (χ1n) is 28.3. The zero-order chi connectivity index (χ0) is 60.0. The number of carboxylic acid groups (broad SMARTS) is 1. The lowest BCUT2D eigenvalue weighted by atomic mass is 9.32. The molecule has 460 valence electrons. The Morgan fingerprint density at radius 2 is 1.17 bits per heavy atom. The second-order valence-corrected chi connectivity index (χ2v) is 25.9. The van der Waals surface area contributed by atoms with Crippen LogP contribution in [-0.4, -0.2) is 227 Å². The van der Waals surface area contributed by atoms with Gasteiger partial charge < -0.3 is 104 Å². The third kappa shape index (κ3) is 9.98. The van der Waals surface area contributed by atoms with Gasteiger partial charge in [0.2, 0.25) is 0 Å². The number of esters is 2. The van der Waals surface area contributed by atoms with E-state index in [1.807, 2.05) is 27.7 Å². The van der Waals surface area contributed by atoms with Gasteiger partial charge in [-0.25, -0.2) is 14.4 Å². The fourth-order valence-electron chi connectivity index (χ4n) is 16.2. The molecule has 0 aromatic heterocycles. The number of hydrogen-bond donors (Lipinski definition) is 13. The number of carboxylic acids is 1. The Labute approximate surface area is 471 Å². The van der Waals surface area contributed by atoms with Crippen molar-refractivity contribution < 1.29 is 119 Å². The van der Waals surface area contributed by atoms with E-state index in [0.29, 0.717) is 31.3 Å². The minimum Gasteiger partial charge on any atom is -0.479 e. The predicted octanol–water partition coefficient (Wildman–Crippen LogP) is -0.765. The van der Waals surface area contributed by atoms with E-state index in [-0.39, 0.29) is 24.3 Å². The lowest BCUT2D eigenvalue weighted by molar-refractivity contribution is -0.387. The summed E-state index contributed by atoms with van der Waals surface area (Å²) in [6.45, 7) is 15.3. The summed E-state index contributed by atoms with van der Waals surface area (Å²) in [4.78, 5) is 40.4. The van der Waals surface area contributed by atoms with Crippen LogP contribution in [0.4, 0.5) is 0 Å². The third-order valence-corrected chi connectivity index (χ3v) is 21.5. The summed E-state index contributed by atoms with van der Waals surface area (Å²) in [5.41, 5.74) is -5.25. The molecule has 7 fully saturated rings. The van der Waals surface area contributed by atoms with Gasteiger partial charge in [-0.15, -0.1) is 0 Å². The Hall–Kier alpha value is -3.09. The molecule has 24 heteroatoms. The zero-order valence-electron chi connectivity index (χ0n) is 47.8. The van der Waals surface area contributed by atoms with Crippen LogP contribution < -0.4 is 0 Å². The van der Waals surface area contributed by atoms with Crippen molar-refractivity contribution in [3.8, 4) is 0 Å². The van der Waals surface area contributed by atoms with Crippen LogP contribution in [0, 0.1) is 50.2 Å². The molecule has 8 rings (SSSR count). The highest BCUT2D eigenvalue weighted by Gasteiger charge is 2.77. The number of carbonyl (C=O) groups excluding carboxylic acids is 2. The molecule has 3 saturated heterocycles. The van der Waals surface area contributed by atoms with Crippen molar-refractivity contribution in [2.75, 3.05) is 26.4 Å². The Morgan fingerprint density at radius 3 is 1.70 bits per heavy atom. The van der Waals surface area contributed by atoms with Crippen LogP contribution in [-0.2, 0) is 52.3 Å². The number of fused-ring (bicyclic) bond motifs is 7. The molecule has 0 aromatic rings. The van der Waals surface area contributed by atoms with E-state index in [9.17, 15) is 80.8 Å². The number of ether oxygens (including phenoxy) is 8.